The number of hydrogen-bond donors (Lipinski definition) is 0. The highest BCUT2D eigenvalue weighted by Gasteiger charge is 2.14. The molecule has 1 aromatic heterocycles. The van der Waals surface area contributed by atoms with Crippen molar-refractivity contribution in [2.24, 2.45) is 7.05 Å². The monoisotopic (exact) mass is 293 g/mol. The maximum Gasteiger partial charge on any atom is 0.202 e. The number of hydrogen-bond acceptors (Lipinski definition) is 2. The number of aromatic nitrogens is 1. The fourth-order valence-electron chi connectivity index (χ4n) is 2.65. The SMILES string of the molecule is Cc1ccc(C)c(OCC(=O)c2cn(C)c3ccccc23)c1. The Labute approximate surface area is 130 Å². The van der Waals surface area contributed by atoms with Crippen molar-refractivity contribution in [3.63, 3.8) is 0 Å². The minimum atomic E-state index is -0.00212. The van der Waals surface area contributed by atoms with Gasteiger partial charge in [0.05, 0.1) is 0 Å². The lowest BCUT2D eigenvalue weighted by Crippen LogP contribution is -2.12. The Morgan fingerprint density at radius 3 is 2.73 bits per heavy atom. The molecule has 0 aliphatic rings. The van der Waals surface area contributed by atoms with Gasteiger partial charge in [0.1, 0.15) is 5.75 Å². The summed E-state index contributed by atoms with van der Waals surface area (Å²) in [6, 6.07) is 13.9. The number of carbonyl (C=O) groups is 1. The third kappa shape index (κ3) is 2.62. The number of para-hydroxylation sites is 1. The van der Waals surface area contributed by atoms with Gasteiger partial charge in [-0.2, -0.15) is 0 Å². The van der Waals surface area contributed by atoms with Gasteiger partial charge in [0.2, 0.25) is 5.78 Å². The van der Waals surface area contributed by atoms with Crippen LogP contribution in [0, 0.1) is 13.8 Å². The zero-order valence-corrected chi connectivity index (χ0v) is 13.1. The van der Waals surface area contributed by atoms with Crippen LogP contribution in [0.1, 0.15) is 21.5 Å². The van der Waals surface area contributed by atoms with Crippen LogP contribution in [0.4, 0.5) is 0 Å². The van der Waals surface area contributed by atoms with E-state index in [9.17, 15) is 4.79 Å². The summed E-state index contributed by atoms with van der Waals surface area (Å²) in [6.45, 7) is 4.05. The molecule has 0 saturated heterocycles. The van der Waals surface area contributed by atoms with E-state index in [0.717, 1.165) is 27.8 Å². The van der Waals surface area contributed by atoms with E-state index in [4.69, 9.17) is 4.74 Å². The molecule has 3 aromatic rings. The first-order valence-electron chi connectivity index (χ1n) is 7.33. The van der Waals surface area contributed by atoms with Crippen LogP contribution >= 0.6 is 0 Å². The van der Waals surface area contributed by atoms with E-state index < -0.39 is 0 Å². The van der Waals surface area contributed by atoms with Crippen molar-refractivity contribution in [3.8, 4) is 5.75 Å². The number of benzene rings is 2. The van der Waals surface area contributed by atoms with Crippen LogP contribution in [-0.2, 0) is 7.05 Å². The molecule has 0 N–H and O–H groups in total. The van der Waals surface area contributed by atoms with Crippen LogP contribution in [0.25, 0.3) is 10.9 Å². The van der Waals surface area contributed by atoms with Crippen LogP contribution in [0.3, 0.4) is 0 Å². The summed E-state index contributed by atoms with van der Waals surface area (Å²) in [5.74, 6) is 0.770. The van der Waals surface area contributed by atoms with Crippen LogP contribution in [0.5, 0.6) is 5.75 Å². The fourth-order valence-corrected chi connectivity index (χ4v) is 2.65. The molecule has 0 spiro atoms. The normalized spacial score (nSPS) is 10.9. The molecule has 0 bridgehead atoms. The average Bonchev–Trinajstić information content (AvgIpc) is 2.86. The van der Waals surface area contributed by atoms with Gasteiger partial charge in [-0.15, -0.1) is 0 Å². The van der Waals surface area contributed by atoms with Crippen molar-refractivity contribution >= 4 is 16.7 Å². The highest BCUT2D eigenvalue weighted by atomic mass is 16.5. The average molecular weight is 293 g/mol. The Morgan fingerprint density at radius 2 is 1.91 bits per heavy atom. The molecule has 0 fully saturated rings. The fraction of sp³-hybridized carbons (Fsp3) is 0.211. The third-order valence-corrected chi connectivity index (χ3v) is 3.90. The summed E-state index contributed by atoms with van der Waals surface area (Å²) in [5, 5.41) is 0.972. The van der Waals surface area contributed by atoms with Crippen LogP contribution < -0.4 is 4.74 Å². The van der Waals surface area contributed by atoms with Crippen molar-refractivity contribution in [3.05, 3.63) is 65.4 Å². The molecular weight excluding hydrogens is 274 g/mol. The van der Waals surface area contributed by atoms with Gasteiger partial charge < -0.3 is 9.30 Å². The van der Waals surface area contributed by atoms with Gasteiger partial charge in [0.15, 0.2) is 6.61 Å². The molecule has 3 heteroatoms. The van der Waals surface area contributed by atoms with Gasteiger partial charge in [-0.3, -0.25) is 4.79 Å². The lowest BCUT2D eigenvalue weighted by molar-refractivity contribution is 0.0922. The van der Waals surface area contributed by atoms with E-state index in [1.165, 1.54) is 0 Å². The third-order valence-electron chi connectivity index (χ3n) is 3.90. The first-order valence-corrected chi connectivity index (χ1v) is 7.33. The van der Waals surface area contributed by atoms with E-state index in [1.807, 2.05) is 74.1 Å². The lowest BCUT2D eigenvalue weighted by atomic mass is 10.1. The molecule has 2 aromatic carbocycles. The van der Waals surface area contributed by atoms with Gasteiger partial charge in [0, 0.05) is 29.7 Å². The lowest BCUT2D eigenvalue weighted by Gasteiger charge is -2.09. The highest BCUT2D eigenvalue weighted by Crippen LogP contribution is 2.22. The van der Waals surface area contributed by atoms with E-state index in [1.54, 1.807) is 0 Å². The van der Waals surface area contributed by atoms with Crippen molar-refractivity contribution in [2.45, 2.75) is 13.8 Å². The molecule has 0 unspecified atom stereocenters. The molecule has 1 heterocycles. The predicted octanol–water partition coefficient (Wildman–Crippen LogP) is 4.06. The van der Waals surface area contributed by atoms with Crippen molar-refractivity contribution in [2.75, 3.05) is 6.61 Å². The zero-order valence-electron chi connectivity index (χ0n) is 13.1. The van der Waals surface area contributed by atoms with Gasteiger partial charge in [0.25, 0.3) is 0 Å². The molecular formula is C19H19NO2. The zero-order chi connectivity index (χ0) is 15.7. The standard InChI is InChI=1S/C19H19NO2/c1-13-8-9-14(2)19(10-13)22-12-18(21)16-11-20(3)17-7-5-4-6-15(16)17/h4-11H,12H2,1-3H3. The van der Waals surface area contributed by atoms with E-state index in [0.29, 0.717) is 5.56 Å². The summed E-state index contributed by atoms with van der Waals surface area (Å²) in [6.07, 6.45) is 1.87. The minimum Gasteiger partial charge on any atom is -0.485 e. The maximum absolute atomic E-state index is 12.5. The molecule has 0 amide bonds. The number of nitrogens with zero attached hydrogens (tertiary/aromatic N) is 1. The van der Waals surface area contributed by atoms with Crippen LogP contribution in [0.15, 0.2) is 48.7 Å². The second-order valence-corrected chi connectivity index (χ2v) is 5.65. The number of fused-ring (bicyclic) bond motifs is 1. The van der Waals surface area contributed by atoms with Gasteiger partial charge >= 0.3 is 0 Å². The number of rotatable bonds is 4. The Morgan fingerprint density at radius 1 is 1.14 bits per heavy atom. The molecule has 0 saturated carbocycles. The largest absolute Gasteiger partial charge is 0.485 e. The molecule has 0 aliphatic heterocycles. The molecule has 3 rings (SSSR count). The van der Waals surface area contributed by atoms with E-state index >= 15 is 0 Å². The van der Waals surface area contributed by atoms with Crippen LogP contribution in [-0.4, -0.2) is 17.0 Å². The molecule has 3 nitrogen and oxygen atoms in total. The topological polar surface area (TPSA) is 31.2 Å². The summed E-state index contributed by atoms with van der Waals surface area (Å²) in [7, 11) is 1.95. The number of ketones is 1. The Hall–Kier alpha value is -2.55. The Balaban J connectivity index is 1.83. The maximum atomic E-state index is 12.5. The smallest absolute Gasteiger partial charge is 0.202 e. The highest BCUT2D eigenvalue weighted by molar-refractivity contribution is 6.08. The summed E-state index contributed by atoms with van der Waals surface area (Å²) < 4.78 is 7.71. The first-order chi connectivity index (χ1) is 10.6. The Kier molecular flexibility index (Phi) is 3.72. The van der Waals surface area contributed by atoms with Crippen molar-refractivity contribution in [1.29, 1.82) is 0 Å². The van der Waals surface area contributed by atoms with E-state index in [-0.39, 0.29) is 12.4 Å². The van der Waals surface area contributed by atoms with Gasteiger partial charge in [-0.25, -0.2) is 0 Å². The molecule has 0 atom stereocenters. The number of carbonyl (C=O) groups excluding carboxylic acids is 1. The van der Waals surface area contributed by atoms with Gasteiger partial charge in [-0.05, 0) is 37.1 Å². The minimum absolute atomic E-state index is 0.00212. The summed E-state index contributed by atoms with van der Waals surface area (Å²) in [4.78, 5) is 12.5. The van der Waals surface area contributed by atoms with E-state index in [2.05, 4.69) is 0 Å². The second kappa shape index (κ2) is 5.68. The number of ether oxygens (including phenoxy) is 1. The Bertz CT molecular complexity index is 846. The number of aryl methyl sites for hydroxylation is 3. The van der Waals surface area contributed by atoms with Crippen molar-refractivity contribution in [1.82, 2.24) is 4.57 Å². The predicted molar refractivity (Wildman–Crippen MR) is 88.7 cm³/mol. The molecule has 0 aliphatic carbocycles. The molecule has 22 heavy (non-hydrogen) atoms. The van der Waals surface area contributed by atoms with Gasteiger partial charge in [-0.1, -0.05) is 30.3 Å². The summed E-state index contributed by atoms with van der Waals surface area (Å²) >= 11 is 0. The molecule has 0 radical (unpaired) electrons. The quantitative estimate of drug-likeness (QED) is 0.679. The first kappa shape index (κ1) is 14.4. The summed E-state index contributed by atoms with van der Waals surface area (Å²) in [5.41, 5.74) is 3.93. The number of Topliss-reactive ketones (excluding diaryl/α,β-unsaturated/α-hetero) is 1. The van der Waals surface area contributed by atoms with Crippen molar-refractivity contribution < 1.29 is 9.53 Å². The van der Waals surface area contributed by atoms with Crippen LogP contribution in [0.2, 0.25) is 0 Å². The second-order valence-electron chi connectivity index (χ2n) is 5.65. The molecule has 112 valence electrons.